The molecule has 2 heterocycles. The second kappa shape index (κ2) is 6.29. The van der Waals surface area contributed by atoms with Crippen molar-refractivity contribution in [1.29, 1.82) is 5.26 Å². The lowest BCUT2D eigenvalue weighted by Gasteiger charge is -2.30. The van der Waals surface area contributed by atoms with Gasteiger partial charge in [0.2, 0.25) is 5.28 Å². The molecular formula is C16H14ClFN4. The van der Waals surface area contributed by atoms with Crippen LogP contribution in [0.2, 0.25) is 5.28 Å². The van der Waals surface area contributed by atoms with Crippen molar-refractivity contribution in [2.75, 3.05) is 18.0 Å². The van der Waals surface area contributed by atoms with Crippen molar-refractivity contribution in [2.24, 2.45) is 5.92 Å². The maximum atomic E-state index is 13.0. The molecule has 0 amide bonds. The Kier molecular flexibility index (Phi) is 4.21. The average Bonchev–Trinajstić information content (AvgIpc) is 2.55. The van der Waals surface area contributed by atoms with E-state index >= 15 is 0 Å². The zero-order valence-electron chi connectivity index (χ0n) is 11.8. The summed E-state index contributed by atoms with van der Waals surface area (Å²) in [7, 11) is 0. The highest BCUT2D eigenvalue weighted by Crippen LogP contribution is 2.26. The number of hydrogen-bond acceptors (Lipinski definition) is 4. The first-order chi connectivity index (χ1) is 10.7. The van der Waals surface area contributed by atoms with Gasteiger partial charge in [0.15, 0.2) is 0 Å². The van der Waals surface area contributed by atoms with Crippen LogP contribution < -0.4 is 4.90 Å². The maximum Gasteiger partial charge on any atom is 0.224 e. The third-order valence-electron chi connectivity index (χ3n) is 3.83. The van der Waals surface area contributed by atoms with Gasteiger partial charge in [-0.05, 0) is 48.7 Å². The molecule has 1 aliphatic rings. The predicted molar refractivity (Wildman–Crippen MR) is 83.0 cm³/mol. The molecule has 0 atom stereocenters. The highest BCUT2D eigenvalue weighted by Gasteiger charge is 2.20. The highest BCUT2D eigenvalue weighted by atomic mass is 35.5. The number of nitriles is 1. The minimum Gasteiger partial charge on any atom is -0.356 e. The molecule has 22 heavy (non-hydrogen) atoms. The first-order valence-electron chi connectivity index (χ1n) is 7.11. The summed E-state index contributed by atoms with van der Waals surface area (Å²) >= 11 is 6.03. The van der Waals surface area contributed by atoms with Gasteiger partial charge in [0.25, 0.3) is 0 Å². The summed E-state index contributed by atoms with van der Waals surface area (Å²) in [5.74, 6) is 0.573. The van der Waals surface area contributed by atoms with Crippen LogP contribution in [0.15, 0.2) is 30.3 Å². The van der Waals surface area contributed by atoms with Gasteiger partial charge in [-0.1, -0.05) is 0 Å². The van der Waals surface area contributed by atoms with E-state index in [9.17, 15) is 4.39 Å². The van der Waals surface area contributed by atoms with Crippen LogP contribution in [0.25, 0.3) is 11.3 Å². The lowest BCUT2D eigenvalue weighted by atomic mass is 9.98. The smallest absolute Gasteiger partial charge is 0.224 e. The molecule has 0 saturated carbocycles. The monoisotopic (exact) mass is 316 g/mol. The fraction of sp³-hybridized carbons (Fsp3) is 0.312. The van der Waals surface area contributed by atoms with E-state index in [-0.39, 0.29) is 17.0 Å². The van der Waals surface area contributed by atoms with Crippen molar-refractivity contribution >= 4 is 17.4 Å². The van der Waals surface area contributed by atoms with Gasteiger partial charge >= 0.3 is 0 Å². The van der Waals surface area contributed by atoms with Crippen molar-refractivity contribution in [3.05, 3.63) is 41.4 Å². The quantitative estimate of drug-likeness (QED) is 0.793. The molecule has 0 spiro atoms. The van der Waals surface area contributed by atoms with Crippen molar-refractivity contribution in [1.82, 2.24) is 9.97 Å². The molecule has 4 nitrogen and oxygen atoms in total. The number of rotatable bonds is 2. The summed E-state index contributed by atoms with van der Waals surface area (Å²) in [4.78, 5) is 10.6. The Morgan fingerprint density at radius 3 is 2.50 bits per heavy atom. The second-order valence-electron chi connectivity index (χ2n) is 5.28. The molecule has 0 bridgehead atoms. The lowest BCUT2D eigenvalue weighted by Crippen LogP contribution is -2.33. The van der Waals surface area contributed by atoms with E-state index in [1.807, 2.05) is 6.07 Å². The van der Waals surface area contributed by atoms with Crippen LogP contribution in [0.3, 0.4) is 0 Å². The Balaban J connectivity index is 1.87. The molecule has 6 heteroatoms. The zero-order valence-corrected chi connectivity index (χ0v) is 12.6. The van der Waals surface area contributed by atoms with Gasteiger partial charge in [0, 0.05) is 30.6 Å². The molecule has 0 aliphatic carbocycles. The SMILES string of the molecule is N#CC1CCN(c2cc(-c3ccc(F)cc3)nc(Cl)n2)CC1. The van der Waals surface area contributed by atoms with Gasteiger partial charge in [0.05, 0.1) is 11.8 Å². The fourth-order valence-electron chi connectivity index (χ4n) is 2.57. The van der Waals surface area contributed by atoms with Crippen LogP contribution in [0.4, 0.5) is 10.2 Å². The van der Waals surface area contributed by atoms with Crippen LogP contribution in [0.1, 0.15) is 12.8 Å². The largest absolute Gasteiger partial charge is 0.356 e. The fourth-order valence-corrected chi connectivity index (χ4v) is 2.75. The molecular weight excluding hydrogens is 303 g/mol. The molecule has 112 valence electrons. The van der Waals surface area contributed by atoms with Gasteiger partial charge in [-0.2, -0.15) is 5.26 Å². The van der Waals surface area contributed by atoms with Gasteiger partial charge in [-0.3, -0.25) is 0 Å². The topological polar surface area (TPSA) is 52.8 Å². The van der Waals surface area contributed by atoms with Crippen LogP contribution >= 0.6 is 11.6 Å². The third kappa shape index (κ3) is 3.18. The van der Waals surface area contributed by atoms with Gasteiger partial charge < -0.3 is 4.90 Å². The number of nitrogens with zero attached hydrogens (tertiary/aromatic N) is 4. The predicted octanol–water partition coefficient (Wildman–Crippen LogP) is 3.68. The molecule has 0 radical (unpaired) electrons. The number of aromatic nitrogens is 2. The van der Waals surface area contributed by atoms with Crippen molar-refractivity contribution in [3.8, 4) is 17.3 Å². The van der Waals surface area contributed by atoms with Crippen LogP contribution in [0.5, 0.6) is 0 Å². The highest BCUT2D eigenvalue weighted by molar-refractivity contribution is 6.28. The molecule has 1 aromatic heterocycles. The molecule has 2 aromatic rings. The van der Waals surface area contributed by atoms with E-state index in [4.69, 9.17) is 16.9 Å². The lowest BCUT2D eigenvalue weighted by molar-refractivity contribution is 0.485. The maximum absolute atomic E-state index is 13.0. The Morgan fingerprint density at radius 1 is 1.18 bits per heavy atom. The summed E-state index contributed by atoms with van der Waals surface area (Å²) in [6.07, 6.45) is 1.65. The number of halogens is 2. The van der Waals surface area contributed by atoms with E-state index in [2.05, 4.69) is 20.9 Å². The summed E-state index contributed by atoms with van der Waals surface area (Å²) in [5.41, 5.74) is 1.45. The average molecular weight is 317 g/mol. The van der Waals surface area contributed by atoms with E-state index < -0.39 is 0 Å². The summed E-state index contributed by atoms with van der Waals surface area (Å²) in [5, 5.41) is 9.13. The van der Waals surface area contributed by atoms with Crippen LogP contribution in [0, 0.1) is 23.1 Å². The summed E-state index contributed by atoms with van der Waals surface area (Å²) < 4.78 is 13.0. The van der Waals surface area contributed by atoms with Crippen LogP contribution in [-0.4, -0.2) is 23.1 Å². The number of benzene rings is 1. The van der Waals surface area contributed by atoms with E-state index in [1.54, 1.807) is 12.1 Å². The standard InChI is InChI=1S/C16H14ClFN4/c17-16-20-14(12-1-3-13(18)4-2-12)9-15(21-16)22-7-5-11(10-19)6-8-22/h1-4,9,11H,5-8H2. The number of hydrogen-bond donors (Lipinski definition) is 0. The number of anilines is 1. The Morgan fingerprint density at radius 2 is 1.86 bits per heavy atom. The molecule has 1 saturated heterocycles. The Labute approximate surface area is 133 Å². The van der Waals surface area contributed by atoms with Crippen LogP contribution in [-0.2, 0) is 0 Å². The molecule has 0 unspecified atom stereocenters. The van der Waals surface area contributed by atoms with Crippen molar-refractivity contribution in [2.45, 2.75) is 12.8 Å². The Hall–Kier alpha value is -2.19. The van der Waals surface area contributed by atoms with Gasteiger partial charge in [0.1, 0.15) is 11.6 Å². The van der Waals surface area contributed by atoms with Gasteiger partial charge in [-0.15, -0.1) is 0 Å². The minimum atomic E-state index is -0.289. The molecule has 1 aromatic carbocycles. The van der Waals surface area contributed by atoms with E-state index in [1.165, 1.54) is 12.1 Å². The Bertz CT molecular complexity index is 703. The summed E-state index contributed by atoms with van der Waals surface area (Å²) in [6, 6.07) is 10.3. The van der Waals surface area contributed by atoms with Gasteiger partial charge in [-0.25, -0.2) is 14.4 Å². The minimum absolute atomic E-state index is 0.116. The zero-order chi connectivity index (χ0) is 15.5. The number of piperidine rings is 1. The first kappa shape index (κ1) is 14.7. The second-order valence-corrected chi connectivity index (χ2v) is 5.62. The normalized spacial score (nSPS) is 15.6. The summed E-state index contributed by atoms with van der Waals surface area (Å²) in [6.45, 7) is 1.54. The van der Waals surface area contributed by atoms with Crippen molar-refractivity contribution in [3.63, 3.8) is 0 Å². The first-order valence-corrected chi connectivity index (χ1v) is 7.48. The van der Waals surface area contributed by atoms with E-state index in [0.717, 1.165) is 37.3 Å². The molecule has 1 fully saturated rings. The van der Waals surface area contributed by atoms with Crippen molar-refractivity contribution < 1.29 is 4.39 Å². The molecule has 1 aliphatic heterocycles. The molecule has 0 N–H and O–H groups in total. The van der Waals surface area contributed by atoms with E-state index in [0.29, 0.717) is 5.69 Å². The third-order valence-corrected chi connectivity index (χ3v) is 4.00. The molecule has 3 rings (SSSR count).